The molecule has 1 aliphatic rings. The van der Waals surface area contributed by atoms with E-state index < -0.39 is 0 Å². The van der Waals surface area contributed by atoms with Gasteiger partial charge in [-0.25, -0.2) is 0 Å². The number of aryl methyl sites for hydroxylation is 1. The van der Waals surface area contributed by atoms with E-state index in [0.29, 0.717) is 0 Å². The Balaban J connectivity index is 1.63. The lowest BCUT2D eigenvalue weighted by Crippen LogP contribution is -2.18. The third kappa shape index (κ3) is 6.32. The van der Waals surface area contributed by atoms with Crippen LogP contribution in [0.25, 0.3) is 0 Å². The Labute approximate surface area is 185 Å². The number of hydrogen-bond donors (Lipinski definition) is 0. The van der Waals surface area contributed by atoms with Gasteiger partial charge in [-0.05, 0) is 49.3 Å². The first-order valence-corrected chi connectivity index (χ1v) is 12.2. The summed E-state index contributed by atoms with van der Waals surface area (Å²) >= 11 is 3.60. The van der Waals surface area contributed by atoms with Crippen molar-refractivity contribution in [2.75, 3.05) is 11.4 Å². The minimum Gasteiger partial charge on any atom is -0.335 e. The summed E-state index contributed by atoms with van der Waals surface area (Å²) in [6.45, 7) is 9.72. The molecule has 0 bridgehead atoms. The third-order valence-corrected chi connectivity index (χ3v) is 7.18. The largest absolute Gasteiger partial charge is 0.335 e. The molecule has 2 aromatic rings. The van der Waals surface area contributed by atoms with Crippen molar-refractivity contribution >= 4 is 29.2 Å². The first kappa shape index (κ1) is 21.9. The smallest absolute Gasteiger partial charge is 0.0801 e. The van der Waals surface area contributed by atoms with Crippen molar-refractivity contribution in [2.45, 2.75) is 55.7 Å². The standard InChI is InChI=1S/C26H31NS2/c1-4-5-6-7-12-20-27-23-16-9-11-18-25(23)29-26(27)19-13-15-22(3)28-24-17-10-8-14-21(24)2/h8-11,13-19H,3-7,12,20H2,1-2H3/b15-13+,26-19-. The Morgan fingerprint density at radius 1 is 1.03 bits per heavy atom. The Bertz CT molecular complexity index is 882. The van der Waals surface area contributed by atoms with Crippen LogP contribution in [0.4, 0.5) is 5.69 Å². The average molecular weight is 422 g/mol. The molecule has 0 atom stereocenters. The van der Waals surface area contributed by atoms with Gasteiger partial charge in [-0.2, -0.15) is 0 Å². The molecule has 3 rings (SSSR count). The van der Waals surface area contributed by atoms with Crippen LogP contribution in [0.5, 0.6) is 0 Å². The number of hydrogen-bond acceptors (Lipinski definition) is 3. The Hall–Kier alpha value is -1.84. The monoisotopic (exact) mass is 421 g/mol. The number of para-hydroxylation sites is 1. The molecule has 0 spiro atoms. The molecule has 2 aromatic carbocycles. The molecule has 0 aromatic heterocycles. The summed E-state index contributed by atoms with van der Waals surface area (Å²) in [5.74, 6) is 0. The second-order valence-electron chi connectivity index (χ2n) is 7.33. The Kier molecular flexibility index (Phi) is 8.57. The first-order valence-electron chi connectivity index (χ1n) is 10.5. The molecule has 29 heavy (non-hydrogen) atoms. The van der Waals surface area contributed by atoms with Gasteiger partial charge in [-0.15, -0.1) is 0 Å². The van der Waals surface area contributed by atoms with E-state index in [0.717, 1.165) is 11.4 Å². The van der Waals surface area contributed by atoms with Crippen molar-refractivity contribution in [3.63, 3.8) is 0 Å². The van der Waals surface area contributed by atoms with Crippen molar-refractivity contribution in [3.05, 3.63) is 88.8 Å². The van der Waals surface area contributed by atoms with Crippen molar-refractivity contribution in [1.29, 1.82) is 0 Å². The minimum absolute atomic E-state index is 1.06. The van der Waals surface area contributed by atoms with E-state index in [1.54, 1.807) is 11.8 Å². The number of anilines is 1. The first-order chi connectivity index (χ1) is 14.2. The molecule has 1 nitrogen and oxygen atoms in total. The number of fused-ring (bicyclic) bond motifs is 1. The second kappa shape index (κ2) is 11.4. The van der Waals surface area contributed by atoms with E-state index in [-0.39, 0.29) is 0 Å². The molecule has 1 heterocycles. The van der Waals surface area contributed by atoms with Crippen LogP contribution in [0.2, 0.25) is 0 Å². The van der Waals surface area contributed by atoms with Crippen LogP contribution in [0.15, 0.2) is 93.1 Å². The SMILES string of the molecule is C=C(/C=C/C=C1\Sc2ccccc2N1CCCCCCC)Sc1ccccc1C. The number of unbranched alkanes of at least 4 members (excludes halogenated alkanes) is 4. The Morgan fingerprint density at radius 2 is 1.79 bits per heavy atom. The number of rotatable bonds is 10. The van der Waals surface area contributed by atoms with Gasteiger partial charge in [0, 0.05) is 21.2 Å². The summed E-state index contributed by atoms with van der Waals surface area (Å²) in [6.07, 6.45) is 13.0. The molecule has 0 saturated carbocycles. The summed E-state index contributed by atoms with van der Waals surface area (Å²) in [5.41, 5.74) is 2.64. The van der Waals surface area contributed by atoms with Gasteiger partial charge >= 0.3 is 0 Å². The van der Waals surface area contributed by atoms with Gasteiger partial charge in [-0.3, -0.25) is 0 Å². The van der Waals surface area contributed by atoms with Gasteiger partial charge < -0.3 is 4.90 Å². The molecule has 1 aliphatic heterocycles. The fraction of sp³-hybridized carbons (Fsp3) is 0.308. The van der Waals surface area contributed by atoms with E-state index in [2.05, 4.69) is 92.1 Å². The van der Waals surface area contributed by atoms with E-state index in [4.69, 9.17) is 0 Å². The zero-order chi connectivity index (χ0) is 20.5. The minimum atomic E-state index is 1.06. The van der Waals surface area contributed by atoms with E-state index in [1.807, 2.05) is 11.8 Å². The fourth-order valence-electron chi connectivity index (χ4n) is 3.36. The fourth-order valence-corrected chi connectivity index (χ4v) is 5.27. The van der Waals surface area contributed by atoms with Crippen LogP contribution in [-0.2, 0) is 0 Å². The highest BCUT2D eigenvalue weighted by Crippen LogP contribution is 2.45. The van der Waals surface area contributed by atoms with Gasteiger partial charge in [0.05, 0.1) is 10.7 Å². The normalized spacial score (nSPS) is 14.7. The van der Waals surface area contributed by atoms with Crippen molar-refractivity contribution in [3.8, 4) is 0 Å². The van der Waals surface area contributed by atoms with Crippen molar-refractivity contribution < 1.29 is 0 Å². The topological polar surface area (TPSA) is 3.24 Å². The predicted octanol–water partition coefficient (Wildman–Crippen LogP) is 8.58. The van der Waals surface area contributed by atoms with Gasteiger partial charge in [-0.1, -0.05) is 99.1 Å². The number of benzene rings is 2. The molecule has 0 aliphatic carbocycles. The molecule has 0 fully saturated rings. The lowest BCUT2D eigenvalue weighted by atomic mass is 10.1. The zero-order valence-electron chi connectivity index (χ0n) is 17.6. The van der Waals surface area contributed by atoms with Gasteiger partial charge in [0.2, 0.25) is 0 Å². The molecular formula is C26H31NS2. The van der Waals surface area contributed by atoms with E-state index in [1.165, 1.54) is 58.2 Å². The highest BCUT2D eigenvalue weighted by atomic mass is 32.2. The van der Waals surface area contributed by atoms with Gasteiger partial charge in [0.25, 0.3) is 0 Å². The van der Waals surface area contributed by atoms with E-state index >= 15 is 0 Å². The molecule has 0 radical (unpaired) electrons. The maximum absolute atomic E-state index is 4.22. The molecule has 0 amide bonds. The average Bonchev–Trinajstić information content (AvgIpc) is 3.07. The maximum Gasteiger partial charge on any atom is 0.0801 e. The summed E-state index contributed by atoms with van der Waals surface area (Å²) in [5, 5.41) is 1.31. The van der Waals surface area contributed by atoms with Crippen LogP contribution in [0, 0.1) is 6.92 Å². The maximum atomic E-state index is 4.22. The summed E-state index contributed by atoms with van der Waals surface area (Å²) in [6, 6.07) is 17.2. The molecule has 3 heteroatoms. The van der Waals surface area contributed by atoms with Crippen molar-refractivity contribution in [2.24, 2.45) is 0 Å². The van der Waals surface area contributed by atoms with Crippen LogP contribution < -0.4 is 4.90 Å². The van der Waals surface area contributed by atoms with Crippen molar-refractivity contribution in [1.82, 2.24) is 0 Å². The summed E-state index contributed by atoms with van der Waals surface area (Å²) < 4.78 is 0. The number of allylic oxidation sites excluding steroid dienone is 3. The highest BCUT2D eigenvalue weighted by Gasteiger charge is 2.23. The van der Waals surface area contributed by atoms with Gasteiger partial charge in [0.1, 0.15) is 0 Å². The molecule has 152 valence electrons. The molecular weight excluding hydrogens is 390 g/mol. The molecule has 0 N–H and O–H groups in total. The van der Waals surface area contributed by atoms with Crippen LogP contribution in [-0.4, -0.2) is 6.54 Å². The van der Waals surface area contributed by atoms with Crippen LogP contribution in [0.1, 0.15) is 44.6 Å². The number of thioether (sulfide) groups is 2. The quantitative estimate of drug-likeness (QED) is 0.215. The molecule has 0 unspecified atom stereocenters. The second-order valence-corrected chi connectivity index (χ2v) is 9.56. The van der Waals surface area contributed by atoms with Crippen LogP contribution >= 0.6 is 23.5 Å². The lowest BCUT2D eigenvalue weighted by Gasteiger charge is -2.20. The summed E-state index contributed by atoms with van der Waals surface area (Å²) in [4.78, 5) is 6.16. The number of nitrogens with zero attached hydrogens (tertiary/aromatic N) is 1. The molecule has 0 saturated heterocycles. The summed E-state index contributed by atoms with van der Waals surface area (Å²) in [7, 11) is 0. The van der Waals surface area contributed by atoms with Gasteiger partial charge in [0.15, 0.2) is 0 Å². The van der Waals surface area contributed by atoms with Crippen LogP contribution in [0.3, 0.4) is 0 Å². The van der Waals surface area contributed by atoms with E-state index in [9.17, 15) is 0 Å². The zero-order valence-corrected chi connectivity index (χ0v) is 19.2. The Morgan fingerprint density at radius 3 is 2.62 bits per heavy atom. The lowest BCUT2D eigenvalue weighted by molar-refractivity contribution is 0.632. The predicted molar refractivity (Wildman–Crippen MR) is 132 cm³/mol. The third-order valence-electron chi connectivity index (χ3n) is 4.98. The highest BCUT2D eigenvalue weighted by molar-refractivity contribution is 8.03.